The molecule has 6 nitrogen and oxygen atoms in total. The molecule has 0 saturated carbocycles. The van der Waals surface area contributed by atoms with Gasteiger partial charge in [-0.15, -0.1) is 0 Å². The van der Waals surface area contributed by atoms with E-state index in [1.165, 1.54) is 24.3 Å². The van der Waals surface area contributed by atoms with Gasteiger partial charge in [0.15, 0.2) is 0 Å². The summed E-state index contributed by atoms with van der Waals surface area (Å²) in [6, 6.07) is 12.5. The number of nitrogens with one attached hydrogen (secondary N) is 1. The SMILES string of the molecule is Cc1ccc(S(=O)(=O)NN=Cc2ccccc2C(=O)O)cc1. The average molecular weight is 318 g/mol. The van der Waals surface area contributed by atoms with Crippen LogP contribution in [0.3, 0.4) is 0 Å². The minimum absolute atomic E-state index is 0.0424. The Kier molecular flexibility index (Phi) is 4.57. The lowest BCUT2D eigenvalue weighted by atomic mass is 10.1. The third kappa shape index (κ3) is 3.70. The number of rotatable bonds is 5. The van der Waals surface area contributed by atoms with Crippen LogP contribution in [0, 0.1) is 6.92 Å². The lowest BCUT2D eigenvalue weighted by Crippen LogP contribution is -2.18. The summed E-state index contributed by atoms with van der Waals surface area (Å²) in [5.41, 5.74) is 1.29. The largest absolute Gasteiger partial charge is 0.478 e. The summed E-state index contributed by atoms with van der Waals surface area (Å²) >= 11 is 0. The van der Waals surface area contributed by atoms with Crippen molar-refractivity contribution in [2.75, 3.05) is 0 Å². The van der Waals surface area contributed by atoms with Crippen LogP contribution in [0.5, 0.6) is 0 Å². The van der Waals surface area contributed by atoms with Gasteiger partial charge in [0.25, 0.3) is 10.0 Å². The monoisotopic (exact) mass is 318 g/mol. The zero-order chi connectivity index (χ0) is 16.2. The van der Waals surface area contributed by atoms with Crippen molar-refractivity contribution >= 4 is 22.2 Å². The van der Waals surface area contributed by atoms with E-state index in [1.54, 1.807) is 24.3 Å². The summed E-state index contributed by atoms with van der Waals surface area (Å²) in [7, 11) is -3.78. The lowest BCUT2D eigenvalue weighted by Gasteiger charge is -2.04. The normalized spacial score (nSPS) is 11.5. The summed E-state index contributed by atoms with van der Waals surface area (Å²) in [4.78, 5) is 13.2. The molecule has 7 heteroatoms. The molecule has 0 radical (unpaired) electrons. The molecule has 2 aromatic rings. The Morgan fingerprint density at radius 1 is 1.14 bits per heavy atom. The van der Waals surface area contributed by atoms with Crippen LogP contribution in [0.1, 0.15) is 21.5 Å². The van der Waals surface area contributed by atoms with Crippen molar-refractivity contribution in [3.63, 3.8) is 0 Å². The van der Waals surface area contributed by atoms with Gasteiger partial charge in [-0.2, -0.15) is 13.5 Å². The Morgan fingerprint density at radius 3 is 2.41 bits per heavy atom. The van der Waals surface area contributed by atoms with E-state index in [0.717, 1.165) is 11.8 Å². The van der Waals surface area contributed by atoms with Crippen LogP contribution >= 0.6 is 0 Å². The highest BCUT2D eigenvalue weighted by molar-refractivity contribution is 7.89. The van der Waals surface area contributed by atoms with Gasteiger partial charge < -0.3 is 5.11 Å². The number of benzene rings is 2. The predicted octanol–water partition coefficient (Wildman–Crippen LogP) is 2.01. The molecule has 0 fully saturated rings. The Bertz CT molecular complexity index is 812. The van der Waals surface area contributed by atoms with Gasteiger partial charge in [-0.05, 0) is 25.1 Å². The smallest absolute Gasteiger partial charge is 0.336 e. The molecular weight excluding hydrogens is 304 g/mol. The van der Waals surface area contributed by atoms with Crippen molar-refractivity contribution in [2.45, 2.75) is 11.8 Å². The maximum atomic E-state index is 12.0. The second-order valence-electron chi connectivity index (χ2n) is 4.56. The van der Waals surface area contributed by atoms with Gasteiger partial charge in [0.2, 0.25) is 0 Å². The van der Waals surface area contributed by atoms with Crippen molar-refractivity contribution in [3.8, 4) is 0 Å². The van der Waals surface area contributed by atoms with E-state index in [0.29, 0.717) is 5.56 Å². The molecule has 2 aromatic carbocycles. The third-order valence-corrected chi connectivity index (χ3v) is 4.14. The number of sulfonamides is 1. The summed E-state index contributed by atoms with van der Waals surface area (Å²) < 4.78 is 24.0. The van der Waals surface area contributed by atoms with E-state index in [4.69, 9.17) is 5.11 Å². The zero-order valence-corrected chi connectivity index (χ0v) is 12.5. The van der Waals surface area contributed by atoms with Crippen molar-refractivity contribution < 1.29 is 18.3 Å². The molecule has 0 amide bonds. The molecule has 0 aliphatic heterocycles. The van der Waals surface area contributed by atoms with E-state index in [9.17, 15) is 13.2 Å². The van der Waals surface area contributed by atoms with Gasteiger partial charge in [-0.3, -0.25) is 0 Å². The van der Waals surface area contributed by atoms with Gasteiger partial charge in [-0.1, -0.05) is 35.9 Å². The summed E-state index contributed by atoms with van der Waals surface area (Å²) in [6.07, 6.45) is 1.16. The number of aromatic carboxylic acids is 1. The maximum absolute atomic E-state index is 12.0. The van der Waals surface area contributed by atoms with Crippen LogP contribution in [0.25, 0.3) is 0 Å². The molecule has 0 bridgehead atoms. The van der Waals surface area contributed by atoms with Crippen molar-refractivity contribution in [2.24, 2.45) is 5.10 Å². The molecule has 0 saturated heterocycles. The number of hydrazone groups is 1. The van der Waals surface area contributed by atoms with Crippen LogP contribution in [0.2, 0.25) is 0 Å². The van der Waals surface area contributed by atoms with Crippen LogP contribution in [0.4, 0.5) is 0 Å². The molecule has 0 atom stereocenters. The number of carboxylic acids is 1. The molecule has 0 heterocycles. The van der Waals surface area contributed by atoms with E-state index >= 15 is 0 Å². The number of carbonyl (C=O) groups is 1. The third-order valence-electron chi connectivity index (χ3n) is 2.90. The summed E-state index contributed by atoms with van der Waals surface area (Å²) in [5, 5.41) is 12.7. The highest BCUT2D eigenvalue weighted by Crippen LogP contribution is 2.10. The number of hydrogen-bond acceptors (Lipinski definition) is 4. The molecule has 0 spiro atoms. The van der Waals surface area contributed by atoms with E-state index in [-0.39, 0.29) is 10.5 Å². The number of hydrogen-bond donors (Lipinski definition) is 2. The highest BCUT2D eigenvalue weighted by atomic mass is 32.2. The Hall–Kier alpha value is -2.67. The molecule has 0 aliphatic rings. The van der Waals surface area contributed by atoms with Gasteiger partial charge in [0.05, 0.1) is 16.7 Å². The van der Waals surface area contributed by atoms with Gasteiger partial charge in [0.1, 0.15) is 0 Å². The predicted molar refractivity (Wildman–Crippen MR) is 82.5 cm³/mol. The van der Waals surface area contributed by atoms with Crippen molar-refractivity contribution in [1.29, 1.82) is 0 Å². The molecule has 22 heavy (non-hydrogen) atoms. The second-order valence-corrected chi connectivity index (χ2v) is 6.22. The Balaban J connectivity index is 2.19. The Labute approximate surface area is 128 Å². The fourth-order valence-electron chi connectivity index (χ4n) is 1.74. The van der Waals surface area contributed by atoms with E-state index in [2.05, 4.69) is 9.93 Å². The van der Waals surface area contributed by atoms with Crippen LogP contribution < -0.4 is 4.83 Å². The van der Waals surface area contributed by atoms with Gasteiger partial charge >= 0.3 is 5.97 Å². The quantitative estimate of drug-likeness (QED) is 0.651. The van der Waals surface area contributed by atoms with Crippen LogP contribution in [-0.4, -0.2) is 25.7 Å². The highest BCUT2D eigenvalue weighted by Gasteiger charge is 2.12. The average Bonchev–Trinajstić information content (AvgIpc) is 2.48. The van der Waals surface area contributed by atoms with Gasteiger partial charge in [0, 0.05) is 5.56 Å². The fraction of sp³-hybridized carbons (Fsp3) is 0.0667. The van der Waals surface area contributed by atoms with E-state index in [1.807, 2.05) is 6.92 Å². The number of nitrogens with zero attached hydrogens (tertiary/aromatic N) is 1. The first kappa shape index (κ1) is 15.7. The summed E-state index contributed by atoms with van der Waals surface area (Å²) in [6.45, 7) is 1.85. The molecule has 114 valence electrons. The first-order valence-corrected chi connectivity index (χ1v) is 7.82. The molecule has 2 N–H and O–H groups in total. The number of aryl methyl sites for hydroxylation is 1. The first-order valence-electron chi connectivity index (χ1n) is 6.34. The molecule has 2 rings (SSSR count). The fourth-order valence-corrected chi connectivity index (χ4v) is 2.53. The first-order chi connectivity index (χ1) is 10.4. The molecule has 0 aliphatic carbocycles. The maximum Gasteiger partial charge on any atom is 0.336 e. The molecular formula is C15H14N2O4S. The molecule has 0 unspecified atom stereocenters. The topological polar surface area (TPSA) is 95.8 Å². The molecule has 0 aromatic heterocycles. The van der Waals surface area contributed by atoms with E-state index < -0.39 is 16.0 Å². The summed E-state index contributed by atoms with van der Waals surface area (Å²) in [5.74, 6) is -1.11. The minimum atomic E-state index is -3.78. The zero-order valence-electron chi connectivity index (χ0n) is 11.7. The van der Waals surface area contributed by atoms with Gasteiger partial charge in [-0.25, -0.2) is 9.63 Å². The Morgan fingerprint density at radius 2 is 1.77 bits per heavy atom. The van der Waals surface area contributed by atoms with Crippen molar-refractivity contribution in [3.05, 3.63) is 65.2 Å². The second kappa shape index (κ2) is 6.40. The minimum Gasteiger partial charge on any atom is -0.478 e. The standard InChI is InChI=1S/C15H14N2O4S/c1-11-6-8-13(9-7-11)22(20,21)17-16-10-12-4-2-3-5-14(12)15(18)19/h2-10,17H,1H3,(H,18,19). The number of carboxylic acid groups (broad SMARTS) is 1. The van der Waals surface area contributed by atoms with Crippen molar-refractivity contribution in [1.82, 2.24) is 4.83 Å². The van der Waals surface area contributed by atoms with Crippen LogP contribution in [-0.2, 0) is 10.0 Å². The lowest BCUT2D eigenvalue weighted by molar-refractivity contribution is 0.0696. The van der Waals surface area contributed by atoms with Crippen LogP contribution in [0.15, 0.2) is 58.5 Å².